The maximum absolute atomic E-state index is 14.3. The van der Waals surface area contributed by atoms with E-state index in [4.69, 9.17) is 9.52 Å². The number of nitrogens with zero attached hydrogens (tertiary/aromatic N) is 3. The van der Waals surface area contributed by atoms with E-state index in [2.05, 4.69) is 20.5 Å². The molecule has 3 aliphatic rings. The molecule has 2 aromatic heterocycles. The van der Waals surface area contributed by atoms with E-state index in [0.29, 0.717) is 38.1 Å². The maximum atomic E-state index is 14.3. The Morgan fingerprint density at radius 3 is 2.73 bits per heavy atom. The van der Waals surface area contributed by atoms with Gasteiger partial charge >= 0.3 is 0 Å². The van der Waals surface area contributed by atoms with Crippen molar-refractivity contribution < 1.29 is 22.9 Å². The predicted octanol–water partition coefficient (Wildman–Crippen LogP) is 2.97. The average molecular weight is 533 g/mol. The van der Waals surface area contributed by atoms with Gasteiger partial charge in [-0.15, -0.1) is 0 Å². The Morgan fingerprint density at radius 2 is 2.08 bits per heavy atom. The van der Waals surface area contributed by atoms with E-state index in [-0.39, 0.29) is 52.0 Å². The first-order valence-electron chi connectivity index (χ1n) is 12.6. The SMILES string of the molecule is COc1cc(-c2cc(C(=O)N3CC[C@H](C(=O)NC[C@@H]4CCS(=N)(=O)C4(C)C)CC34CC4)[nH]n2)c(F)cn1. The van der Waals surface area contributed by atoms with Gasteiger partial charge in [0, 0.05) is 51.7 Å². The molecule has 2 amide bonds. The predicted molar refractivity (Wildman–Crippen MR) is 135 cm³/mol. The quantitative estimate of drug-likeness (QED) is 0.522. The zero-order valence-corrected chi connectivity index (χ0v) is 22.1. The van der Waals surface area contributed by atoms with Crippen molar-refractivity contribution in [1.82, 2.24) is 25.4 Å². The van der Waals surface area contributed by atoms with Crippen LogP contribution >= 0.6 is 0 Å². The molecule has 0 radical (unpaired) electrons. The van der Waals surface area contributed by atoms with Gasteiger partial charge in [0.25, 0.3) is 5.91 Å². The highest BCUT2D eigenvalue weighted by Gasteiger charge is 2.55. The van der Waals surface area contributed by atoms with Gasteiger partial charge in [0.1, 0.15) is 5.69 Å². The lowest BCUT2D eigenvalue weighted by Crippen LogP contribution is -2.51. The van der Waals surface area contributed by atoms with Crippen LogP contribution in [0.4, 0.5) is 4.39 Å². The summed E-state index contributed by atoms with van der Waals surface area (Å²) < 4.78 is 39.4. The standard InChI is InChI=1S/C25H33FN6O4S/c1-24(2)16(5-9-37(24,27)35)13-29-22(33)15-4-8-32(25(12-15)6-7-25)23(34)20-11-19(30-31-20)17-10-21(36-3)28-14-18(17)26/h10-11,14-16,27H,4-9,12-13H2,1-3H3,(H,29,33)(H,30,31)/t15-,16-,37?/m0/s1. The molecule has 5 rings (SSSR count). The van der Waals surface area contributed by atoms with Gasteiger partial charge in [0.05, 0.1) is 23.7 Å². The summed E-state index contributed by atoms with van der Waals surface area (Å²) in [6.07, 6.45) is 4.52. The highest BCUT2D eigenvalue weighted by atomic mass is 32.2. The monoisotopic (exact) mass is 532 g/mol. The van der Waals surface area contributed by atoms with E-state index in [1.165, 1.54) is 19.2 Å². The fourth-order valence-corrected chi connectivity index (χ4v) is 7.58. The highest BCUT2D eigenvalue weighted by Crippen LogP contribution is 2.50. The molecule has 3 fully saturated rings. The lowest BCUT2D eigenvalue weighted by atomic mass is 9.87. The molecule has 0 aromatic carbocycles. The fourth-order valence-electron chi connectivity index (χ4n) is 5.70. The number of amides is 2. The summed E-state index contributed by atoms with van der Waals surface area (Å²) in [5, 5.41) is 9.93. The molecule has 10 nitrogen and oxygen atoms in total. The Balaban J connectivity index is 1.23. The van der Waals surface area contributed by atoms with Crippen LogP contribution < -0.4 is 10.1 Å². The van der Waals surface area contributed by atoms with Crippen LogP contribution in [0.5, 0.6) is 5.88 Å². The van der Waals surface area contributed by atoms with E-state index in [1.807, 2.05) is 18.7 Å². The Hall–Kier alpha value is -3.02. The Bertz CT molecular complexity index is 1340. The molecule has 0 bridgehead atoms. The third-order valence-corrected chi connectivity index (χ3v) is 11.4. The molecule has 2 aromatic rings. The van der Waals surface area contributed by atoms with E-state index in [1.54, 1.807) is 0 Å². The zero-order chi connectivity index (χ0) is 26.6. The molecule has 37 heavy (non-hydrogen) atoms. The van der Waals surface area contributed by atoms with Crippen LogP contribution in [0.2, 0.25) is 0 Å². The lowest BCUT2D eigenvalue weighted by Gasteiger charge is -2.39. The number of halogens is 1. The summed E-state index contributed by atoms with van der Waals surface area (Å²) >= 11 is 0. The summed E-state index contributed by atoms with van der Waals surface area (Å²) in [5.41, 5.74) is 0.384. The summed E-state index contributed by atoms with van der Waals surface area (Å²) in [4.78, 5) is 32.1. The third-order valence-electron chi connectivity index (χ3n) is 8.58. The number of nitrogens with one attached hydrogen (secondary N) is 3. The molecule has 3 atom stereocenters. The largest absolute Gasteiger partial charge is 0.481 e. The Morgan fingerprint density at radius 1 is 1.32 bits per heavy atom. The minimum absolute atomic E-state index is 0.0118. The van der Waals surface area contributed by atoms with Crippen molar-refractivity contribution >= 4 is 21.5 Å². The Kier molecular flexibility index (Phi) is 6.28. The average Bonchev–Trinajstić information content (AvgIpc) is 3.37. The number of H-pyrrole nitrogens is 1. The molecule has 4 heterocycles. The van der Waals surface area contributed by atoms with Crippen LogP contribution in [0.15, 0.2) is 18.3 Å². The van der Waals surface area contributed by atoms with Gasteiger partial charge in [0.2, 0.25) is 11.8 Å². The number of piperidine rings is 1. The zero-order valence-electron chi connectivity index (χ0n) is 21.3. The van der Waals surface area contributed by atoms with Gasteiger partial charge in [-0.05, 0) is 57.9 Å². The first-order valence-corrected chi connectivity index (χ1v) is 14.3. The van der Waals surface area contributed by atoms with E-state index in [0.717, 1.165) is 19.0 Å². The third kappa shape index (κ3) is 4.49. The number of methoxy groups -OCH3 is 1. The summed E-state index contributed by atoms with van der Waals surface area (Å²) in [6.45, 7) is 4.57. The second-order valence-corrected chi connectivity index (χ2v) is 13.8. The molecule has 2 saturated heterocycles. The van der Waals surface area contributed by atoms with Crippen molar-refractivity contribution in [2.45, 2.75) is 56.2 Å². The van der Waals surface area contributed by atoms with Crippen LogP contribution in [0.1, 0.15) is 56.4 Å². The van der Waals surface area contributed by atoms with Gasteiger partial charge in [-0.25, -0.2) is 13.6 Å². The van der Waals surface area contributed by atoms with Crippen molar-refractivity contribution in [3.8, 4) is 17.1 Å². The molecule has 1 spiro atoms. The second kappa shape index (κ2) is 9.07. The van der Waals surface area contributed by atoms with Crippen molar-refractivity contribution in [1.29, 1.82) is 4.78 Å². The highest BCUT2D eigenvalue weighted by molar-refractivity contribution is 7.94. The molecular formula is C25H33FN6O4S. The molecule has 1 aliphatic carbocycles. The van der Waals surface area contributed by atoms with Crippen LogP contribution in [-0.4, -0.2) is 72.3 Å². The van der Waals surface area contributed by atoms with Gasteiger partial charge < -0.3 is 15.0 Å². The first kappa shape index (κ1) is 25.6. The number of aromatic amines is 1. The molecule has 200 valence electrons. The lowest BCUT2D eigenvalue weighted by molar-refractivity contribution is -0.127. The number of carbonyl (C=O) groups is 2. The minimum Gasteiger partial charge on any atom is -0.481 e. The summed E-state index contributed by atoms with van der Waals surface area (Å²) in [5.74, 6) is -0.388. The van der Waals surface area contributed by atoms with Crippen molar-refractivity contribution in [3.63, 3.8) is 0 Å². The molecule has 2 aliphatic heterocycles. The van der Waals surface area contributed by atoms with E-state index < -0.39 is 20.3 Å². The summed E-state index contributed by atoms with van der Waals surface area (Å²) in [6, 6.07) is 2.96. The second-order valence-electron chi connectivity index (χ2n) is 11.0. The van der Waals surface area contributed by atoms with Gasteiger partial charge in [0.15, 0.2) is 5.82 Å². The van der Waals surface area contributed by atoms with Gasteiger partial charge in [-0.1, -0.05) is 0 Å². The number of likely N-dealkylation sites (tertiary alicyclic amines) is 1. The normalized spacial score (nSPS) is 27.7. The fraction of sp³-hybridized carbons (Fsp3) is 0.600. The van der Waals surface area contributed by atoms with Crippen molar-refractivity contribution in [2.24, 2.45) is 11.8 Å². The van der Waals surface area contributed by atoms with Crippen molar-refractivity contribution in [2.75, 3.05) is 26.0 Å². The van der Waals surface area contributed by atoms with Gasteiger partial charge in [-0.3, -0.25) is 19.5 Å². The number of pyridine rings is 1. The maximum Gasteiger partial charge on any atom is 0.272 e. The van der Waals surface area contributed by atoms with E-state index >= 15 is 0 Å². The number of hydrogen-bond acceptors (Lipinski definition) is 7. The number of aromatic nitrogens is 3. The summed E-state index contributed by atoms with van der Waals surface area (Å²) in [7, 11) is -1.22. The number of hydrogen-bond donors (Lipinski definition) is 3. The number of carbonyl (C=O) groups excluding carboxylic acids is 2. The smallest absolute Gasteiger partial charge is 0.272 e. The van der Waals surface area contributed by atoms with Crippen molar-refractivity contribution in [3.05, 3.63) is 29.8 Å². The number of ether oxygens (including phenoxy) is 1. The van der Waals surface area contributed by atoms with Gasteiger partial charge in [-0.2, -0.15) is 5.10 Å². The van der Waals surface area contributed by atoms with E-state index in [9.17, 15) is 18.2 Å². The molecule has 12 heteroatoms. The van der Waals surface area contributed by atoms with Crippen LogP contribution in [0.3, 0.4) is 0 Å². The van der Waals surface area contributed by atoms with Crippen LogP contribution in [0.25, 0.3) is 11.3 Å². The molecular weight excluding hydrogens is 499 g/mol. The molecule has 1 saturated carbocycles. The van der Waals surface area contributed by atoms with Crippen LogP contribution in [-0.2, 0) is 14.5 Å². The number of rotatable bonds is 6. The topological polar surface area (TPSA) is 141 Å². The molecule has 3 N–H and O–H groups in total. The van der Waals surface area contributed by atoms with Crippen LogP contribution in [0, 0.1) is 22.4 Å². The first-order chi connectivity index (χ1) is 17.5. The molecule has 1 unspecified atom stereocenters. The Labute approximate surface area is 215 Å². The minimum atomic E-state index is -2.65.